The maximum atomic E-state index is 10.0. The molecule has 0 aliphatic heterocycles. The van der Waals surface area contributed by atoms with Gasteiger partial charge in [0.25, 0.3) is 0 Å². The van der Waals surface area contributed by atoms with Crippen LogP contribution in [0.15, 0.2) is 0 Å². The largest absolute Gasteiger partial charge is 0.391 e. The second kappa shape index (κ2) is 2.27. The fourth-order valence-electron chi connectivity index (χ4n) is 4.13. The van der Waals surface area contributed by atoms with Crippen LogP contribution in [0.4, 0.5) is 0 Å². The number of fused-ring (bicyclic) bond motifs is 2. The third-order valence-electron chi connectivity index (χ3n) is 4.62. The summed E-state index contributed by atoms with van der Waals surface area (Å²) in [7, 11) is 0. The molecular formula is C11H15NO. The zero-order valence-corrected chi connectivity index (χ0v) is 7.74. The third kappa shape index (κ3) is 0.814. The van der Waals surface area contributed by atoms with Crippen molar-refractivity contribution in [3.63, 3.8) is 0 Å². The van der Waals surface area contributed by atoms with E-state index in [0.717, 1.165) is 24.7 Å². The quantitative estimate of drug-likeness (QED) is 0.612. The third-order valence-corrected chi connectivity index (χ3v) is 4.62. The maximum Gasteiger partial charge on any atom is 0.0863 e. The average molecular weight is 177 g/mol. The molecule has 0 radical (unpaired) electrons. The molecule has 2 heteroatoms. The van der Waals surface area contributed by atoms with Gasteiger partial charge >= 0.3 is 0 Å². The van der Waals surface area contributed by atoms with Crippen LogP contribution in [0.1, 0.15) is 32.1 Å². The number of aliphatic hydroxyl groups excluding tert-OH is 1. The van der Waals surface area contributed by atoms with Crippen molar-refractivity contribution < 1.29 is 5.11 Å². The molecule has 13 heavy (non-hydrogen) atoms. The van der Waals surface area contributed by atoms with Gasteiger partial charge in [0.2, 0.25) is 0 Å². The minimum Gasteiger partial charge on any atom is -0.391 e. The first-order valence-corrected chi connectivity index (χ1v) is 5.34. The summed E-state index contributed by atoms with van der Waals surface area (Å²) in [5.41, 5.74) is -0.336. The second-order valence-corrected chi connectivity index (χ2v) is 5.24. The van der Waals surface area contributed by atoms with E-state index in [1.165, 1.54) is 19.3 Å². The van der Waals surface area contributed by atoms with E-state index in [9.17, 15) is 10.4 Å². The Morgan fingerprint density at radius 1 is 1.15 bits per heavy atom. The molecule has 3 saturated carbocycles. The summed E-state index contributed by atoms with van der Waals surface area (Å²) in [6, 6.07) is 2.44. The number of hydrogen-bond acceptors (Lipinski definition) is 2. The average Bonchev–Trinajstić information content (AvgIpc) is 2.32. The maximum absolute atomic E-state index is 10.0. The van der Waals surface area contributed by atoms with E-state index in [4.69, 9.17) is 0 Å². The summed E-state index contributed by atoms with van der Waals surface area (Å²) < 4.78 is 0. The highest BCUT2D eigenvalue weighted by atomic mass is 16.3. The molecule has 0 aromatic carbocycles. The van der Waals surface area contributed by atoms with Gasteiger partial charge in [-0.1, -0.05) is 0 Å². The van der Waals surface area contributed by atoms with Gasteiger partial charge in [0, 0.05) is 0 Å². The minimum atomic E-state index is -0.336. The van der Waals surface area contributed by atoms with Crippen LogP contribution < -0.4 is 0 Å². The molecule has 3 aliphatic rings. The van der Waals surface area contributed by atoms with Gasteiger partial charge in [-0.25, -0.2) is 0 Å². The molecule has 0 saturated heterocycles. The van der Waals surface area contributed by atoms with Crippen LogP contribution in [0.3, 0.4) is 0 Å². The Kier molecular flexibility index (Phi) is 1.37. The molecule has 3 bridgehead atoms. The molecule has 70 valence electrons. The standard InChI is InChI=1S/C11H15NO/c12-6-11-5-8-1-7(4-10(11)13)2-9(11)3-8/h7-10,13H,1-5H2/t7-,8+,9-,10-,11+/m1/s1. The Morgan fingerprint density at radius 2 is 1.92 bits per heavy atom. The van der Waals surface area contributed by atoms with E-state index in [-0.39, 0.29) is 11.5 Å². The van der Waals surface area contributed by atoms with Crippen molar-refractivity contribution in [2.24, 2.45) is 23.2 Å². The van der Waals surface area contributed by atoms with Crippen molar-refractivity contribution >= 4 is 0 Å². The monoisotopic (exact) mass is 177 g/mol. The summed E-state index contributed by atoms with van der Waals surface area (Å²) >= 11 is 0. The zero-order valence-electron chi connectivity index (χ0n) is 7.74. The lowest BCUT2D eigenvalue weighted by Crippen LogP contribution is -2.43. The van der Waals surface area contributed by atoms with Gasteiger partial charge in [-0.3, -0.25) is 0 Å². The molecule has 3 aliphatic carbocycles. The number of hydrogen-bond donors (Lipinski definition) is 1. The Balaban J connectivity index is 2.06. The first-order valence-electron chi connectivity index (χ1n) is 5.34. The van der Waals surface area contributed by atoms with Gasteiger partial charge in [0.15, 0.2) is 0 Å². The molecule has 3 rings (SSSR count). The molecular weight excluding hydrogens is 162 g/mol. The first kappa shape index (κ1) is 7.82. The smallest absolute Gasteiger partial charge is 0.0863 e. The van der Waals surface area contributed by atoms with E-state index < -0.39 is 0 Å². The van der Waals surface area contributed by atoms with Gasteiger partial charge < -0.3 is 5.11 Å². The summed E-state index contributed by atoms with van der Waals surface area (Å²) in [5, 5.41) is 19.3. The molecule has 0 spiro atoms. The molecule has 0 amide bonds. The zero-order chi connectivity index (χ0) is 9.05. The summed E-state index contributed by atoms with van der Waals surface area (Å²) in [5.74, 6) is 1.99. The van der Waals surface area contributed by atoms with Crippen LogP contribution in [0, 0.1) is 34.5 Å². The summed E-state index contributed by atoms with van der Waals surface area (Å²) in [4.78, 5) is 0. The molecule has 0 aromatic rings. The highest BCUT2D eigenvalue weighted by Gasteiger charge is 2.59. The molecule has 3 fully saturated rings. The van der Waals surface area contributed by atoms with Gasteiger partial charge in [0.05, 0.1) is 17.6 Å². The van der Waals surface area contributed by atoms with Crippen LogP contribution in [0.25, 0.3) is 0 Å². The van der Waals surface area contributed by atoms with Gasteiger partial charge in [-0.2, -0.15) is 5.26 Å². The topological polar surface area (TPSA) is 44.0 Å². The fraction of sp³-hybridized carbons (Fsp3) is 0.909. The molecule has 1 N–H and O–H groups in total. The van der Waals surface area contributed by atoms with Crippen LogP contribution in [-0.4, -0.2) is 11.2 Å². The molecule has 0 unspecified atom stereocenters. The fourth-order valence-corrected chi connectivity index (χ4v) is 4.13. The number of aliphatic hydroxyl groups is 1. The second-order valence-electron chi connectivity index (χ2n) is 5.24. The van der Waals surface area contributed by atoms with Crippen LogP contribution in [0.2, 0.25) is 0 Å². The van der Waals surface area contributed by atoms with Crippen molar-refractivity contribution in [3.8, 4) is 6.07 Å². The number of nitrogens with zero attached hydrogens (tertiary/aromatic N) is 1. The first-order chi connectivity index (χ1) is 6.24. The van der Waals surface area contributed by atoms with Crippen molar-refractivity contribution in [1.29, 1.82) is 5.26 Å². The van der Waals surface area contributed by atoms with Crippen LogP contribution >= 0.6 is 0 Å². The van der Waals surface area contributed by atoms with Crippen molar-refractivity contribution in [2.45, 2.75) is 38.2 Å². The number of rotatable bonds is 0. The van der Waals surface area contributed by atoms with Crippen molar-refractivity contribution in [2.75, 3.05) is 0 Å². The van der Waals surface area contributed by atoms with Crippen molar-refractivity contribution in [3.05, 3.63) is 0 Å². The normalized spacial score (nSPS) is 57.8. The summed E-state index contributed by atoms with van der Waals surface area (Å²) in [6.07, 6.45) is 5.24. The van der Waals surface area contributed by atoms with E-state index in [1.54, 1.807) is 0 Å². The van der Waals surface area contributed by atoms with Crippen LogP contribution in [0.5, 0.6) is 0 Å². The Morgan fingerprint density at radius 3 is 2.69 bits per heavy atom. The van der Waals surface area contributed by atoms with E-state index >= 15 is 0 Å². The number of nitriles is 1. The Labute approximate surface area is 78.6 Å². The lowest BCUT2D eigenvalue weighted by atomic mass is 9.63. The van der Waals surface area contributed by atoms with Gasteiger partial charge in [-0.15, -0.1) is 0 Å². The van der Waals surface area contributed by atoms with E-state index in [2.05, 4.69) is 6.07 Å². The molecule has 2 nitrogen and oxygen atoms in total. The highest BCUT2D eigenvalue weighted by molar-refractivity contribution is 5.17. The van der Waals surface area contributed by atoms with E-state index in [0.29, 0.717) is 5.92 Å². The molecule has 0 heterocycles. The van der Waals surface area contributed by atoms with Crippen LogP contribution in [-0.2, 0) is 0 Å². The predicted molar refractivity (Wildman–Crippen MR) is 47.6 cm³/mol. The minimum absolute atomic E-state index is 0.325. The molecule has 5 atom stereocenters. The highest BCUT2D eigenvalue weighted by Crippen LogP contribution is 2.61. The summed E-state index contributed by atoms with van der Waals surface area (Å²) in [6.45, 7) is 0. The lowest BCUT2D eigenvalue weighted by molar-refractivity contribution is -0.0198. The lowest BCUT2D eigenvalue weighted by Gasteiger charge is -2.41. The van der Waals surface area contributed by atoms with Gasteiger partial charge in [-0.05, 0) is 49.9 Å². The Bertz CT molecular complexity index is 280. The SMILES string of the molecule is N#C[C@@]12C[C@H]3C[C@H](C[C@@H]1C3)C[C@H]2O. The predicted octanol–water partition coefficient (Wildman–Crippen LogP) is 1.70. The van der Waals surface area contributed by atoms with E-state index in [1.807, 2.05) is 0 Å². The molecule has 0 aromatic heterocycles. The van der Waals surface area contributed by atoms with Gasteiger partial charge in [0.1, 0.15) is 0 Å². The van der Waals surface area contributed by atoms with Crippen molar-refractivity contribution in [1.82, 2.24) is 0 Å². The Hall–Kier alpha value is -0.550.